The van der Waals surface area contributed by atoms with Crippen LogP contribution in [0.25, 0.3) is 0 Å². The first kappa shape index (κ1) is 20.8. The molecule has 0 heterocycles. The van der Waals surface area contributed by atoms with Crippen molar-refractivity contribution in [3.05, 3.63) is 0 Å². The minimum atomic E-state index is -0.512. The third-order valence-electron chi connectivity index (χ3n) is 10.5. The molecule has 0 saturated heterocycles. The molecule has 4 aliphatic carbocycles. The molecule has 10 atom stereocenters. The van der Waals surface area contributed by atoms with E-state index in [-0.39, 0.29) is 5.41 Å². The fourth-order valence-electron chi connectivity index (χ4n) is 9.01. The lowest BCUT2D eigenvalue weighted by molar-refractivity contribution is -0.174. The molecule has 0 bridgehead atoms. The van der Waals surface area contributed by atoms with Gasteiger partial charge in [-0.15, -0.1) is 0 Å². The molecule has 3 heteroatoms. The van der Waals surface area contributed by atoms with Crippen molar-refractivity contribution in [2.75, 3.05) is 0 Å². The molecule has 0 amide bonds. The van der Waals surface area contributed by atoms with Gasteiger partial charge in [0.2, 0.25) is 0 Å². The number of fused-ring (bicyclic) bond motifs is 5. The van der Waals surface area contributed by atoms with Gasteiger partial charge in [-0.05, 0) is 104 Å². The molecule has 4 saturated carbocycles. The minimum Gasteiger partial charge on any atom is -0.390 e. The number of rotatable bonds is 5. The van der Waals surface area contributed by atoms with Crippen molar-refractivity contribution in [3.63, 3.8) is 0 Å². The second kappa shape index (κ2) is 7.69. The number of carbonyl (C=O) groups excluding carboxylic acids is 1. The van der Waals surface area contributed by atoms with E-state index in [0.717, 1.165) is 68.0 Å². The van der Waals surface area contributed by atoms with E-state index in [1.165, 1.54) is 38.5 Å². The lowest BCUT2D eigenvalue weighted by Gasteiger charge is -2.62. The molecule has 3 nitrogen and oxygen atoms in total. The van der Waals surface area contributed by atoms with Crippen molar-refractivity contribution in [3.8, 4) is 0 Å². The molecule has 0 aliphatic heterocycles. The van der Waals surface area contributed by atoms with Crippen LogP contribution in [0.2, 0.25) is 0 Å². The van der Waals surface area contributed by atoms with Crippen LogP contribution in [0.5, 0.6) is 0 Å². The summed E-state index contributed by atoms with van der Waals surface area (Å²) in [6.45, 7) is 7.47. The van der Waals surface area contributed by atoms with Crippen molar-refractivity contribution in [2.45, 2.75) is 104 Å². The molecule has 0 aromatic heterocycles. The maximum atomic E-state index is 10.7. The van der Waals surface area contributed by atoms with Gasteiger partial charge in [0.05, 0.1) is 12.2 Å². The van der Waals surface area contributed by atoms with Crippen LogP contribution in [0.4, 0.5) is 0 Å². The molecular weight excluding hydrogens is 348 g/mol. The van der Waals surface area contributed by atoms with E-state index in [0.29, 0.717) is 11.3 Å². The summed E-state index contributed by atoms with van der Waals surface area (Å²) >= 11 is 0. The molecule has 28 heavy (non-hydrogen) atoms. The van der Waals surface area contributed by atoms with E-state index in [9.17, 15) is 15.0 Å². The van der Waals surface area contributed by atoms with Gasteiger partial charge in [-0.1, -0.05) is 27.2 Å². The van der Waals surface area contributed by atoms with Gasteiger partial charge in [-0.2, -0.15) is 0 Å². The Bertz CT molecular complexity index is 576. The van der Waals surface area contributed by atoms with E-state index in [1.807, 2.05) is 0 Å². The van der Waals surface area contributed by atoms with E-state index >= 15 is 0 Å². The van der Waals surface area contributed by atoms with Crippen LogP contribution in [-0.4, -0.2) is 28.7 Å². The Morgan fingerprint density at radius 1 is 0.929 bits per heavy atom. The summed E-state index contributed by atoms with van der Waals surface area (Å²) in [6, 6.07) is 0. The highest BCUT2D eigenvalue weighted by Crippen LogP contribution is 2.68. The van der Waals surface area contributed by atoms with Crippen LogP contribution < -0.4 is 0 Å². The first-order chi connectivity index (χ1) is 13.3. The monoisotopic (exact) mass is 390 g/mol. The summed E-state index contributed by atoms with van der Waals surface area (Å²) in [7, 11) is 0. The number of carbonyl (C=O) groups is 1. The number of hydrogen-bond donors (Lipinski definition) is 2. The van der Waals surface area contributed by atoms with E-state index in [1.54, 1.807) is 0 Å². The summed E-state index contributed by atoms with van der Waals surface area (Å²) in [6.07, 6.45) is 12.6. The minimum absolute atomic E-state index is 0.219. The number of aliphatic hydroxyl groups is 2. The number of unbranched alkanes of at least 4 members (excludes halogenated alkanes) is 1. The van der Waals surface area contributed by atoms with Crippen molar-refractivity contribution >= 4 is 6.29 Å². The third kappa shape index (κ3) is 3.11. The number of hydrogen-bond acceptors (Lipinski definition) is 3. The predicted molar refractivity (Wildman–Crippen MR) is 112 cm³/mol. The zero-order valence-corrected chi connectivity index (χ0v) is 18.3. The largest absolute Gasteiger partial charge is 0.390 e. The zero-order valence-electron chi connectivity index (χ0n) is 18.3. The highest BCUT2D eigenvalue weighted by Gasteiger charge is 2.61. The van der Waals surface area contributed by atoms with Gasteiger partial charge < -0.3 is 15.0 Å². The van der Waals surface area contributed by atoms with E-state index in [2.05, 4.69) is 20.8 Å². The Kier molecular flexibility index (Phi) is 5.72. The van der Waals surface area contributed by atoms with Gasteiger partial charge in [0.1, 0.15) is 6.29 Å². The van der Waals surface area contributed by atoms with Crippen molar-refractivity contribution in [1.29, 1.82) is 0 Å². The molecule has 0 aromatic rings. The topological polar surface area (TPSA) is 57.5 Å². The molecule has 4 aliphatic rings. The number of aldehydes is 1. The fraction of sp³-hybridized carbons (Fsp3) is 0.960. The predicted octanol–water partition coefficient (Wildman–Crippen LogP) is 4.98. The Morgan fingerprint density at radius 3 is 2.36 bits per heavy atom. The molecule has 1 unspecified atom stereocenters. The lowest BCUT2D eigenvalue weighted by Crippen LogP contribution is -2.58. The lowest BCUT2D eigenvalue weighted by atomic mass is 9.44. The first-order valence-electron chi connectivity index (χ1n) is 12.1. The first-order valence-corrected chi connectivity index (χ1v) is 12.1. The summed E-state index contributed by atoms with van der Waals surface area (Å²) in [5.41, 5.74) is 0.689. The van der Waals surface area contributed by atoms with E-state index in [4.69, 9.17) is 0 Å². The van der Waals surface area contributed by atoms with Crippen LogP contribution in [0.1, 0.15) is 91.4 Å². The highest BCUT2D eigenvalue weighted by molar-refractivity contribution is 5.48. The number of aliphatic hydroxyl groups excluding tert-OH is 2. The second-order valence-electron chi connectivity index (χ2n) is 11.5. The van der Waals surface area contributed by atoms with Crippen molar-refractivity contribution < 1.29 is 15.0 Å². The summed E-state index contributed by atoms with van der Waals surface area (Å²) in [5, 5.41) is 20.9. The van der Waals surface area contributed by atoms with Crippen LogP contribution in [0, 0.1) is 46.3 Å². The second-order valence-corrected chi connectivity index (χ2v) is 11.5. The van der Waals surface area contributed by atoms with Gasteiger partial charge in [0.15, 0.2) is 0 Å². The average molecular weight is 391 g/mol. The molecule has 0 aromatic carbocycles. The van der Waals surface area contributed by atoms with Crippen molar-refractivity contribution in [2.24, 2.45) is 46.3 Å². The van der Waals surface area contributed by atoms with Gasteiger partial charge in [0, 0.05) is 6.42 Å². The molecule has 160 valence electrons. The highest BCUT2D eigenvalue weighted by atomic mass is 16.3. The molecular formula is C25H42O3. The zero-order chi connectivity index (χ0) is 20.1. The van der Waals surface area contributed by atoms with Crippen molar-refractivity contribution in [1.82, 2.24) is 0 Å². The van der Waals surface area contributed by atoms with Gasteiger partial charge in [0.25, 0.3) is 0 Å². The Labute approximate surface area is 171 Å². The Balaban J connectivity index is 1.51. The van der Waals surface area contributed by atoms with Gasteiger partial charge in [-0.25, -0.2) is 0 Å². The maximum Gasteiger partial charge on any atom is 0.119 e. The Hall–Kier alpha value is -0.410. The Morgan fingerprint density at radius 2 is 1.61 bits per heavy atom. The standard InChI is InChI=1S/C25H42O3/c1-16(6-4-5-15-26)18-9-10-19-17-7-8-21-23(28)22(27)12-14-25(21,3)20(17)11-13-24(18,19)2/h15-23,27-28H,4-14H2,1-3H3/t16?,17-,18+,19-,20-,21-,22-,23+,24+,25+/m0/s1. The average Bonchev–Trinajstić information content (AvgIpc) is 3.02. The maximum absolute atomic E-state index is 10.7. The van der Waals surface area contributed by atoms with Crippen LogP contribution in [-0.2, 0) is 4.79 Å². The van der Waals surface area contributed by atoms with Gasteiger partial charge >= 0.3 is 0 Å². The quantitative estimate of drug-likeness (QED) is 0.514. The summed E-state index contributed by atoms with van der Waals surface area (Å²) in [4.78, 5) is 10.7. The smallest absolute Gasteiger partial charge is 0.119 e. The molecule has 2 N–H and O–H groups in total. The van der Waals surface area contributed by atoms with Crippen LogP contribution in [0.15, 0.2) is 0 Å². The van der Waals surface area contributed by atoms with E-state index < -0.39 is 12.2 Å². The summed E-state index contributed by atoms with van der Waals surface area (Å²) in [5.74, 6) is 4.22. The van der Waals surface area contributed by atoms with Crippen LogP contribution in [0.3, 0.4) is 0 Å². The van der Waals surface area contributed by atoms with Crippen LogP contribution >= 0.6 is 0 Å². The SMILES string of the molecule is CC(CCCC=O)[C@H]1CC[C@H]2[C@@H]3CC[C@H]4[C@@H](O)[C@@H](O)CC[C@]4(C)[C@H]3CC[C@]12C. The molecule has 4 rings (SSSR count). The molecule has 0 spiro atoms. The molecule has 0 radical (unpaired) electrons. The molecule has 4 fully saturated rings. The normalized spacial score (nSPS) is 51.7. The summed E-state index contributed by atoms with van der Waals surface area (Å²) < 4.78 is 0. The fourth-order valence-corrected chi connectivity index (χ4v) is 9.01. The van der Waals surface area contributed by atoms with Gasteiger partial charge in [-0.3, -0.25) is 0 Å². The third-order valence-corrected chi connectivity index (χ3v) is 10.5.